The van der Waals surface area contributed by atoms with Gasteiger partial charge in [0.15, 0.2) is 0 Å². The fourth-order valence-electron chi connectivity index (χ4n) is 1.73. The number of rotatable bonds is 2. The van der Waals surface area contributed by atoms with Crippen molar-refractivity contribution in [3.8, 4) is 0 Å². The molecule has 5 atom stereocenters. The van der Waals surface area contributed by atoms with Gasteiger partial charge in [-0.15, -0.1) is 0 Å². The first-order chi connectivity index (χ1) is 6.49. The number of nitrogens with two attached hydrogens (primary N) is 1. The molecule has 1 rings (SSSR count). The molecule has 0 bridgehead atoms. The highest BCUT2D eigenvalue weighted by molar-refractivity contribution is 4.93. The molecule has 0 radical (unpaired) electrons. The summed E-state index contributed by atoms with van der Waals surface area (Å²) in [4.78, 5) is 0. The lowest BCUT2D eigenvalue weighted by molar-refractivity contribution is -0.228. The van der Waals surface area contributed by atoms with Crippen molar-refractivity contribution in [3.63, 3.8) is 0 Å². The maximum Gasteiger partial charge on any atom is 0.111 e. The van der Waals surface area contributed by atoms with E-state index in [0.717, 1.165) is 0 Å². The third-order valence-electron chi connectivity index (χ3n) is 2.64. The van der Waals surface area contributed by atoms with Gasteiger partial charge in [-0.05, 0) is 5.92 Å². The van der Waals surface area contributed by atoms with Gasteiger partial charge in [-0.2, -0.15) is 0 Å². The van der Waals surface area contributed by atoms with Crippen LogP contribution in [0.15, 0.2) is 0 Å². The van der Waals surface area contributed by atoms with Gasteiger partial charge in [0.1, 0.15) is 18.3 Å². The number of hydrogen-bond acceptors (Lipinski definition) is 5. The first kappa shape index (κ1) is 11.9. The second-order valence-corrected chi connectivity index (χ2v) is 4.09. The zero-order valence-electron chi connectivity index (χ0n) is 8.50. The second kappa shape index (κ2) is 4.55. The fraction of sp³-hybridized carbons (Fsp3) is 1.00. The molecule has 1 fully saturated rings. The molecule has 14 heavy (non-hydrogen) atoms. The van der Waals surface area contributed by atoms with Crippen LogP contribution in [0.1, 0.15) is 13.8 Å². The third kappa shape index (κ3) is 2.07. The molecule has 0 aromatic carbocycles. The molecule has 1 saturated heterocycles. The van der Waals surface area contributed by atoms with Gasteiger partial charge in [-0.3, -0.25) is 0 Å². The SMILES string of the molecule is CC(C)[C@@H]1OC(CN)[C@H](O)[C@H](O)C1O. The molecule has 0 spiro atoms. The van der Waals surface area contributed by atoms with Crippen molar-refractivity contribution in [1.82, 2.24) is 0 Å². The molecule has 0 aliphatic carbocycles. The summed E-state index contributed by atoms with van der Waals surface area (Å²) in [6.45, 7) is 3.89. The van der Waals surface area contributed by atoms with Crippen LogP contribution in [-0.2, 0) is 4.74 Å². The predicted molar refractivity (Wildman–Crippen MR) is 50.6 cm³/mol. The first-order valence-corrected chi connectivity index (χ1v) is 4.88. The first-order valence-electron chi connectivity index (χ1n) is 4.88. The van der Waals surface area contributed by atoms with E-state index in [1.54, 1.807) is 0 Å². The Labute approximate surface area is 83.5 Å². The van der Waals surface area contributed by atoms with E-state index in [0.29, 0.717) is 0 Å². The molecule has 0 aromatic rings. The molecule has 1 heterocycles. The van der Waals surface area contributed by atoms with Crippen LogP contribution in [0.25, 0.3) is 0 Å². The molecule has 2 unspecified atom stereocenters. The molecule has 5 nitrogen and oxygen atoms in total. The topological polar surface area (TPSA) is 95.9 Å². The Balaban J connectivity index is 2.73. The lowest BCUT2D eigenvalue weighted by Gasteiger charge is -2.42. The minimum Gasteiger partial charge on any atom is -0.388 e. The Hall–Kier alpha value is -0.200. The average Bonchev–Trinajstić information content (AvgIpc) is 2.14. The highest BCUT2D eigenvalue weighted by Crippen LogP contribution is 2.25. The van der Waals surface area contributed by atoms with Gasteiger partial charge in [-0.25, -0.2) is 0 Å². The average molecular weight is 205 g/mol. The van der Waals surface area contributed by atoms with E-state index in [1.165, 1.54) is 0 Å². The minimum atomic E-state index is -1.18. The van der Waals surface area contributed by atoms with Gasteiger partial charge in [-0.1, -0.05) is 13.8 Å². The van der Waals surface area contributed by atoms with Crippen molar-refractivity contribution in [2.45, 2.75) is 44.4 Å². The van der Waals surface area contributed by atoms with Gasteiger partial charge < -0.3 is 25.8 Å². The zero-order valence-corrected chi connectivity index (χ0v) is 8.50. The number of aliphatic hydroxyl groups is 3. The quantitative estimate of drug-likeness (QED) is 0.438. The highest BCUT2D eigenvalue weighted by atomic mass is 16.5. The summed E-state index contributed by atoms with van der Waals surface area (Å²) in [5.74, 6) is 0.0706. The Kier molecular flexibility index (Phi) is 3.86. The van der Waals surface area contributed by atoms with Crippen LogP contribution in [0.5, 0.6) is 0 Å². The summed E-state index contributed by atoms with van der Waals surface area (Å²) in [5, 5.41) is 28.6. The van der Waals surface area contributed by atoms with Crippen LogP contribution in [-0.4, -0.2) is 52.4 Å². The number of aliphatic hydroxyl groups excluding tert-OH is 3. The summed E-state index contributed by atoms with van der Waals surface area (Å²) in [5.41, 5.74) is 5.39. The summed E-state index contributed by atoms with van der Waals surface area (Å²) >= 11 is 0. The molecule has 1 aliphatic heterocycles. The van der Waals surface area contributed by atoms with Gasteiger partial charge in [0.25, 0.3) is 0 Å². The van der Waals surface area contributed by atoms with E-state index in [9.17, 15) is 15.3 Å². The molecule has 5 N–H and O–H groups in total. The van der Waals surface area contributed by atoms with Crippen LogP contribution in [0, 0.1) is 5.92 Å². The molecule has 1 aliphatic rings. The minimum absolute atomic E-state index is 0.0706. The van der Waals surface area contributed by atoms with Crippen molar-refractivity contribution in [2.75, 3.05) is 6.54 Å². The van der Waals surface area contributed by atoms with Gasteiger partial charge in [0, 0.05) is 6.54 Å². The molecule has 84 valence electrons. The summed E-state index contributed by atoms with van der Waals surface area (Å²) < 4.78 is 5.41. The number of hydrogen-bond donors (Lipinski definition) is 4. The third-order valence-corrected chi connectivity index (χ3v) is 2.64. The fourth-order valence-corrected chi connectivity index (χ4v) is 1.73. The summed E-state index contributed by atoms with van der Waals surface area (Å²) in [6.07, 6.45) is -4.40. The van der Waals surface area contributed by atoms with Gasteiger partial charge >= 0.3 is 0 Å². The van der Waals surface area contributed by atoms with Crippen molar-refractivity contribution in [1.29, 1.82) is 0 Å². The van der Waals surface area contributed by atoms with E-state index in [2.05, 4.69) is 0 Å². The van der Waals surface area contributed by atoms with Crippen molar-refractivity contribution in [3.05, 3.63) is 0 Å². The number of ether oxygens (including phenoxy) is 1. The van der Waals surface area contributed by atoms with Crippen LogP contribution >= 0.6 is 0 Å². The van der Waals surface area contributed by atoms with Crippen LogP contribution < -0.4 is 5.73 Å². The van der Waals surface area contributed by atoms with E-state index in [1.807, 2.05) is 13.8 Å². The Bertz CT molecular complexity index is 186. The van der Waals surface area contributed by atoms with E-state index >= 15 is 0 Å². The van der Waals surface area contributed by atoms with Crippen LogP contribution in [0.3, 0.4) is 0 Å². The Morgan fingerprint density at radius 2 is 1.71 bits per heavy atom. The molecule has 5 heteroatoms. The monoisotopic (exact) mass is 205 g/mol. The Morgan fingerprint density at radius 3 is 2.14 bits per heavy atom. The maximum absolute atomic E-state index is 9.62. The highest BCUT2D eigenvalue weighted by Gasteiger charge is 2.43. The van der Waals surface area contributed by atoms with E-state index in [-0.39, 0.29) is 12.5 Å². The van der Waals surface area contributed by atoms with Crippen molar-refractivity contribution < 1.29 is 20.1 Å². The van der Waals surface area contributed by atoms with Crippen LogP contribution in [0.4, 0.5) is 0 Å². The van der Waals surface area contributed by atoms with Crippen LogP contribution in [0.2, 0.25) is 0 Å². The van der Waals surface area contributed by atoms with Crippen molar-refractivity contribution >= 4 is 0 Å². The molecule has 0 aromatic heterocycles. The lowest BCUT2D eigenvalue weighted by atomic mass is 9.89. The summed E-state index contributed by atoms with van der Waals surface area (Å²) in [6, 6.07) is 0. The van der Waals surface area contributed by atoms with E-state index < -0.39 is 30.5 Å². The van der Waals surface area contributed by atoms with Gasteiger partial charge in [0.05, 0.1) is 12.2 Å². The molecular weight excluding hydrogens is 186 g/mol. The second-order valence-electron chi connectivity index (χ2n) is 4.09. The standard InChI is InChI=1S/C9H19NO4/c1-4(2)9-8(13)7(12)6(11)5(3-10)14-9/h4-9,11-13H,3,10H2,1-2H3/t5?,6-,7-,8?,9-/m0/s1. The predicted octanol–water partition coefficient (Wildman–Crippen LogP) is -1.55. The van der Waals surface area contributed by atoms with Crippen molar-refractivity contribution in [2.24, 2.45) is 11.7 Å². The molecule has 0 amide bonds. The summed E-state index contributed by atoms with van der Waals surface area (Å²) in [7, 11) is 0. The Morgan fingerprint density at radius 1 is 1.14 bits per heavy atom. The maximum atomic E-state index is 9.62. The largest absolute Gasteiger partial charge is 0.388 e. The lowest BCUT2D eigenvalue weighted by Crippen LogP contribution is -2.60. The molecular formula is C9H19NO4. The zero-order chi connectivity index (χ0) is 10.9. The molecule has 0 saturated carbocycles. The smallest absolute Gasteiger partial charge is 0.111 e. The van der Waals surface area contributed by atoms with Gasteiger partial charge in [0.2, 0.25) is 0 Å². The normalized spacial score (nSPS) is 44.4. The van der Waals surface area contributed by atoms with E-state index in [4.69, 9.17) is 10.5 Å².